The minimum atomic E-state index is -0.430. The van der Waals surface area contributed by atoms with Gasteiger partial charge >= 0.3 is 0 Å². The zero-order valence-corrected chi connectivity index (χ0v) is 9.73. The number of halogens is 1. The molecule has 4 heteroatoms. The number of hydrogen-bond donors (Lipinski definition) is 1. The zero-order valence-electron chi connectivity index (χ0n) is 9.73. The van der Waals surface area contributed by atoms with Crippen molar-refractivity contribution in [3.63, 3.8) is 0 Å². The van der Waals surface area contributed by atoms with E-state index in [9.17, 15) is 4.39 Å². The van der Waals surface area contributed by atoms with Crippen molar-refractivity contribution in [2.75, 3.05) is 11.9 Å². The third-order valence-electron chi connectivity index (χ3n) is 3.53. The number of rotatable bonds is 3. The van der Waals surface area contributed by atoms with Crippen LogP contribution in [0.5, 0.6) is 0 Å². The van der Waals surface area contributed by atoms with E-state index in [-0.39, 0.29) is 0 Å². The summed E-state index contributed by atoms with van der Waals surface area (Å²) in [7, 11) is 0. The molecular weight excluding hydrogens is 219 g/mol. The molecule has 2 fully saturated rings. The Morgan fingerprint density at radius 3 is 2.94 bits per heavy atom. The van der Waals surface area contributed by atoms with E-state index >= 15 is 0 Å². The first-order valence-electron chi connectivity index (χ1n) is 6.32. The smallest absolute Gasteiger partial charge is 0.214 e. The summed E-state index contributed by atoms with van der Waals surface area (Å²) in [6.07, 6.45) is 4.99. The number of nitrogens with zero attached hydrogens (tertiary/aromatic N) is 1. The van der Waals surface area contributed by atoms with E-state index in [1.165, 1.54) is 18.9 Å². The van der Waals surface area contributed by atoms with Gasteiger partial charge in [0.1, 0.15) is 5.82 Å². The molecular formula is C13H17FN2O. The van der Waals surface area contributed by atoms with E-state index in [0.29, 0.717) is 18.0 Å². The largest absolute Gasteiger partial charge is 0.378 e. The molecule has 2 heterocycles. The molecule has 0 amide bonds. The molecule has 0 aromatic carbocycles. The SMILES string of the molecule is Fc1cccc(NC2CCOC(C3CC3)C2)n1. The summed E-state index contributed by atoms with van der Waals surface area (Å²) in [5.74, 6) is 0.965. The zero-order chi connectivity index (χ0) is 11.7. The molecule has 1 N–H and O–H groups in total. The number of aromatic nitrogens is 1. The summed E-state index contributed by atoms with van der Waals surface area (Å²) < 4.78 is 18.7. The van der Waals surface area contributed by atoms with E-state index in [4.69, 9.17) is 4.74 Å². The Labute approximate surface area is 100 Å². The molecule has 1 aliphatic heterocycles. The summed E-state index contributed by atoms with van der Waals surface area (Å²) in [5, 5.41) is 3.30. The van der Waals surface area contributed by atoms with Crippen molar-refractivity contribution in [3.8, 4) is 0 Å². The van der Waals surface area contributed by atoms with Gasteiger partial charge in [-0.2, -0.15) is 4.39 Å². The van der Waals surface area contributed by atoms with Crippen molar-refractivity contribution in [2.45, 2.75) is 37.8 Å². The van der Waals surface area contributed by atoms with Crippen molar-refractivity contribution >= 4 is 5.82 Å². The Kier molecular flexibility index (Phi) is 2.97. The molecule has 1 aliphatic carbocycles. The standard InChI is InChI=1S/C13H17FN2O/c14-12-2-1-3-13(16-12)15-10-6-7-17-11(8-10)9-4-5-9/h1-3,9-11H,4-8H2,(H,15,16). The maximum Gasteiger partial charge on any atom is 0.214 e. The highest BCUT2D eigenvalue weighted by Gasteiger charge is 2.35. The van der Waals surface area contributed by atoms with E-state index in [1.807, 2.05) is 6.07 Å². The Morgan fingerprint density at radius 1 is 1.29 bits per heavy atom. The van der Waals surface area contributed by atoms with Gasteiger partial charge in [-0.1, -0.05) is 6.07 Å². The predicted molar refractivity (Wildman–Crippen MR) is 63.3 cm³/mol. The predicted octanol–water partition coefficient (Wildman–Crippen LogP) is 2.59. The van der Waals surface area contributed by atoms with Crippen LogP contribution in [0.3, 0.4) is 0 Å². The fraction of sp³-hybridized carbons (Fsp3) is 0.615. The van der Waals surface area contributed by atoms with E-state index < -0.39 is 5.95 Å². The average molecular weight is 236 g/mol. The summed E-state index contributed by atoms with van der Waals surface area (Å²) in [5.41, 5.74) is 0. The first-order valence-corrected chi connectivity index (χ1v) is 6.32. The van der Waals surface area contributed by atoms with Crippen molar-refractivity contribution in [3.05, 3.63) is 24.1 Å². The minimum Gasteiger partial charge on any atom is -0.378 e. The molecule has 2 unspecified atom stereocenters. The van der Waals surface area contributed by atoms with Crippen molar-refractivity contribution in [1.82, 2.24) is 4.98 Å². The van der Waals surface area contributed by atoms with Crippen molar-refractivity contribution in [2.24, 2.45) is 5.92 Å². The molecule has 1 aromatic rings. The quantitative estimate of drug-likeness (QED) is 0.819. The lowest BCUT2D eigenvalue weighted by Crippen LogP contribution is -2.35. The molecule has 1 saturated heterocycles. The van der Waals surface area contributed by atoms with Crippen LogP contribution in [0.15, 0.2) is 18.2 Å². The number of pyridine rings is 1. The van der Waals surface area contributed by atoms with Crippen LogP contribution in [0.25, 0.3) is 0 Å². The van der Waals surface area contributed by atoms with E-state index in [2.05, 4.69) is 10.3 Å². The van der Waals surface area contributed by atoms with Crippen LogP contribution < -0.4 is 5.32 Å². The maximum atomic E-state index is 13.0. The van der Waals surface area contributed by atoms with Crippen molar-refractivity contribution < 1.29 is 9.13 Å². The highest BCUT2D eigenvalue weighted by Crippen LogP contribution is 2.38. The van der Waals surface area contributed by atoms with Gasteiger partial charge in [0, 0.05) is 12.6 Å². The van der Waals surface area contributed by atoms with Crippen LogP contribution in [-0.2, 0) is 4.74 Å². The van der Waals surface area contributed by atoms with Gasteiger partial charge in [-0.3, -0.25) is 0 Å². The lowest BCUT2D eigenvalue weighted by atomic mass is 10.00. The molecule has 3 nitrogen and oxygen atoms in total. The monoisotopic (exact) mass is 236 g/mol. The number of anilines is 1. The topological polar surface area (TPSA) is 34.1 Å². The van der Waals surface area contributed by atoms with E-state index in [1.54, 1.807) is 6.07 Å². The van der Waals surface area contributed by atoms with Gasteiger partial charge in [-0.15, -0.1) is 0 Å². The molecule has 0 bridgehead atoms. The fourth-order valence-corrected chi connectivity index (χ4v) is 2.45. The Balaban J connectivity index is 1.60. The second kappa shape index (κ2) is 4.61. The van der Waals surface area contributed by atoms with E-state index in [0.717, 1.165) is 25.4 Å². The Morgan fingerprint density at radius 2 is 2.18 bits per heavy atom. The molecule has 2 aliphatic rings. The van der Waals surface area contributed by atoms with Gasteiger partial charge in [0.2, 0.25) is 5.95 Å². The van der Waals surface area contributed by atoms with Crippen LogP contribution in [-0.4, -0.2) is 23.7 Å². The second-order valence-corrected chi connectivity index (χ2v) is 4.96. The molecule has 2 atom stereocenters. The molecule has 0 spiro atoms. The molecule has 0 radical (unpaired) electrons. The lowest BCUT2D eigenvalue weighted by Gasteiger charge is -2.30. The van der Waals surface area contributed by atoms with Gasteiger partial charge in [-0.25, -0.2) is 4.98 Å². The van der Waals surface area contributed by atoms with Gasteiger partial charge in [0.25, 0.3) is 0 Å². The second-order valence-electron chi connectivity index (χ2n) is 4.96. The Bertz CT molecular complexity index is 395. The summed E-state index contributed by atoms with van der Waals surface area (Å²) in [6.45, 7) is 0.800. The fourth-order valence-electron chi connectivity index (χ4n) is 2.45. The van der Waals surface area contributed by atoms with Gasteiger partial charge in [0.05, 0.1) is 6.10 Å². The van der Waals surface area contributed by atoms with Crippen LogP contribution in [0.1, 0.15) is 25.7 Å². The minimum absolute atomic E-state index is 0.364. The maximum absolute atomic E-state index is 13.0. The van der Waals surface area contributed by atoms with Crippen LogP contribution in [0.2, 0.25) is 0 Å². The summed E-state index contributed by atoms with van der Waals surface area (Å²) in [6, 6.07) is 5.22. The first-order chi connectivity index (χ1) is 8.31. The van der Waals surface area contributed by atoms with Gasteiger partial charge in [-0.05, 0) is 43.7 Å². The normalized spacial score (nSPS) is 29.0. The third kappa shape index (κ3) is 2.75. The molecule has 17 heavy (non-hydrogen) atoms. The summed E-state index contributed by atoms with van der Waals surface area (Å²) >= 11 is 0. The average Bonchev–Trinajstić information content (AvgIpc) is 3.13. The summed E-state index contributed by atoms with van der Waals surface area (Å²) in [4.78, 5) is 3.83. The highest BCUT2D eigenvalue weighted by molar-refractivity contribution is 5.35. The van der Waals surface area contributed by atoms with Gasteiger partial charge in [0.15, 0.2) is 0 Å². The molecule has 3 rings (SSSR count). The number of hydrogen-bond acceptors (Lipinski definition) is 3. The molecule has 1 saturated carbocycles. The number of nitrogens with one attached hydrogen (secondary N) is 1. The highest BCUT2D eigenvalue weighted by atomic mass is 19.1. The number of ether oxygens (including phenoxy) is 1. The van der Waals surface area contributed by atoms with Crippen LogP contribution in [0, 0.1) is 11.9 Å². The lowest BCUT2D eigenvalue weighted by molar-refractivity contribution is -0.00223. The molecule has 1 aromatic heterocycles. The van der Waals surface area contributed by atoms with Crippen LogP contribution >= 0.6 is 0 Å². The third-order valence-corrected chi connectivity index (χ3v) is 3.53. The van der Waals surface area contributed by atoms with Crippen LogP contribution in [0.4, 0.5) is 10.2 Å². The van der Waals surface area contributed by atoms with Gasteiger partial charge < -0.3 is 10.1 Å². The first kappa shape index (κ1) is 11.0. The molecule has 92 valence electrons. The Hall–Kier alpha value is -1.16. The van der Waals surface area contributed by atoms with Crippen molar-refractivity contribution in [1.29, 1.82) is 0 Å².